The van der Waals surface area contributed by atoms with Gasteiger partial charge in [0, 0.05) is 37.7 Å². The van der Waals surface area contributed by atoms with Crippen LogP contribution in [0.15, 0.2) is 18.2 Å². The Labute approximate surface area is 117 Å². The number of hydrogen-bond donors (Lipinski definition) is 0. The van der Waals surface area contributed by atoms with E-state index in [1.165, 1.54) is 19.3 Å². The number of carbonyl (C=O) groups excluding carboxylic acids is 1. The van der Waals surface area contributed by atoms with Gasteiger partial charge >= 0.3 is 0 Å². The van der Waals surface area contributed by atoms with Crippen molar-refractivity contribution in [1.82, 2.24) is 4.90 Å². The van der Waals surface area contributed by atoms with Crippen molar-refractivity contribution in [1.29, 1.82) is 0 Å². The van der Waals surface area contributed by atoms with E-state index in [0.717, 1.165) is 43.1 Å². The van der Waals surface area contributed by atoms with Crippen LogP contribution in [0.1, 0.15) is 36.0 Å². The lowest BCUT2D eigenvalue weighted by Gasteiger charge is -2.16. The maximum atomic E-state index is 13.1. The van der Waals surface area contributed by atoms with Gasteiger partial charge in [0.25, 0.3) is 0 Å². The summed E-state index contributed by atoms with van der Waals surface area (Å²) in [6.07, 6.45) is 4.29. The Morgan fingerprint density at radius 1 is 1.10 bits per heavy atom. The maximum Gasteiger partial charge on any atom is 0.164 e. The molecule has 20 heavy (non-hydrogen) atoms. The zero-order valence-corrected chi connectivity index (χ0v) is 11.4. The number of ketones is 1. The lowest BCUT2D eigenvalue weighted by atomic mass is 10.0. The largest absolute Gasteiger partial charge is 0.302 e. The van der Waals surface area contributed by atoms with E-state index >= 15 is 0 Å². The number of fused-ring (bicyclic) bond motifs is 1. The van der Waals surface area contributed by atoms with Crippen LogP contribution < -0.4 is 0 Å². The number of likely N-dealkylation sites (tertiary alicyclic amines) is 1. The monoisotopic (exact) mass is 279 g/mol. The number of benzene rings is 1. The molecular weight excluding hydrogens is 260 g/mol. The zero-order valence-electron chi connectivity index (χ0n) is 11.4. The molecule has 2 fully saturated rings. The summed E-state index contributed by atoms with van der Waals surface area (Å²) in [5.74, 6) is 0.0435. The molecule has 2 nitrogen and oxygen atoms in total. The summed E-state index contributed by atoms with van der Waals surface area (Å²) in [5.41, 5.74) is 0.141. The first-order chi connectivity index (χ1) is 9.61. The third-order valence-corrected chi connectivity index (χ3v) is 4.64. The van der Waals surface area contributed by atoms with Crippen LogP contribution in [-0.4, -0.2) is 30.3 Å². The molecule has 0 amide bonds. The summed E-state index contributed by atoms with van der Waals surface area (Å²) < 4.78 is 26.2. The van der Waals surface area contributed by atoms with Crippen molar-refractivity contribution in [3.05, 3.63) is 35.4 Å². The van der Waals surface area contributed by atoms with Crippen LogP contribution in [0, 0.1) is 23.5 Å². The smallest absolute Gasteiger partial charge is 0.164 e. The van der Waals surface area contributed by atoms with Crippen LogP contribution in [0.4, 0.5) is 8.78 Å². The maximum absolute atomic E-state index is 13.1. The Morgan fingerprint density at radius 3 is 2.30 bits per heavy atom. The minimum atomic E-state index is -0.691. The lowest BCUT2D eigenvalue weighted by molar-refractivity contribution is 0.0966. The molecule has 1 heterocycles. The van der Waals surface area contributed by atoms with Crippen molar-refractivity contribution < 1.29 is 13.6 Å². The highest BCUT2D eigenvalue weighted by Gasteiger charge is 2.35. The third kappa shape index (κ3) is 2.90. The summed E-state index contributed by atoms with van der Waals surface area (Å²) in [4.78, 5) is 14.3. The highest BCUT2D eigenvalue weighted by molar-refractivity contribution is 5.96. The van der Waals surface area contributed by atoms with Gasteiger partial charge in [-0.25, -0.2) is 8.78 Å². The molecule has 1 aliphatic heterocycles. The topological polar surface area (TPSA) is 20.3 Å². The molecule has 1 aliphatic carbocycles. The summed E-state index contributed by atoms with van der Waals surface area (Å²) in [6, 6.07) is 3.02. The molecule has 1 aromatic rings. The molecule has 4 heteroatoms. The Hall–Kier alpha value is -1.29. The van der Waals surface area contributed by atoms with Gasteiger partial charge in [0.2, 0.25) is 0 Å². The minimum Gasteiger partial charge on any atom is -0.302 e. The van der Waals surface area contributed by atoms with Gasteiger partial charge in [-0.1, -0.05) is 6.42 Å². The average Bonchev–Trinajstić information content (AvgIpc) is 2.95. The van der Waals surface area contributed by atoms with Crippen molar-refractivity contribution in [3.8, 4) is 0 Å². The van der Waals surface area contributed by atoms with Crippen molar-refractivity contribution in [3.63, 3.8) is 0 Å². The Kier molecular flexibility index (Phi) is 3.83. The molecule has 1 saturated heterocycles. The first kappa shape index (κ1) is 13.7. The van der Waals surface area contributed by atoms with Gasteiger partial charge in [0.1, 0.15) is 11.6 Å². The second-order valence-electron chi connectivity index (χ2n) is 6.04. The van der Waals surface area contributed by atoms with E-state index in [0.29, 0.717) is 13.0 Å². The second kappa shape index (κ2) is 5.60. The van der Waals surface area contributed by atoms with E-state index in [9.17, 15) is 13.6 Å². The van der Waals surface area contributed by atoms with E-state index < -0.39 is 11.6 Å². The fourth-order valence-corrected chi connectivity index (χ4v) is 3.63. The Morgan fingerprint density at radius 2 is 1.70 bits per heavy atom. The first-order valence-electron chi connectivity index (χ1n) is 7.33. The fraction of sp³-hybridized carbons (Fsp3) is 0.562. The van der Waals surface area contributed by atoms with Crippen LogP contribution in [0.2, 0.25) is 0 Å². The molecule has 2 atom stereocenters. The number of carbonyl (C=O) groups is 1. The molecule has 2 unspecified atom stereocenters. The highest BCUT2D eigenvalue weighted by atomic mass is 19.1. The summed E-state index contributed by atoms with van der Waals surface area (Å²) in [7, 11) is 0. The quantitative estimate of drug-likeness (QED) is 0.788. The van der Waals surface area contributed by atoms with Crippen LogP contribution in [0.5, 0.6) is 0 Å². The van der Waals surface area contributed by atoms with Crippen molar-refractivity contribution in [2.75, 3.05) is 19.6 Å². The van der Waals surface area contributed by atoms with E-state index in [1.54, 1.807) is 0 Å². The predicted molar refractivity (Wildman–Crippen MR) is 72.6 cm³/mol. The van der Waals surface area contributed by atoms with Gasteiger partial charge < -0.3 is 4.90 Å². The standard InChI is InChI=1S/C16H19F2NO/c17-14-6-13(7-15(18)8-14)16(20)4-5-19-9-11-2-1-3-12(11)10-19/h6-8,11-12H,1-5,9-10H2. The molecule has 0 aromatic heterocycles. The van der Waals surface area contributed by atoms with Crippen LogP contribution >= 0.6 is 0 Å². The molecule has 3 rings (SSSR count). The van der Waals surface area contributed by atoms with E-state index in [2.05, 4.69) is 4.90 Å². The minimum absolute atomic E-state index is 0.141. The van der Waals surface area contributed by atoms with Crippen molar-refractivity contribution >= 4 is 5.78 Å². The highest BCUT2D eigenvalue weighted by Crippen LogP contribution is 2.37. The lowest BCUT2D eigenvalue weighted by Crippen LogP contribution is -2.24. The predicted octanol–water partition coefficient (Wildman–Crippen LogP) is 3.27. The van der Waals surface area contributed by atoms with Gasteiger partial charge in [-0.05, 0) is 36.8 Å². The summed E-state index contributed by atoms with van der Waals surface area (Å²) >= 11 is 0. The Bertz CT molecular complexity index is 485. The molecule has 0 N–H and O–H groups in total. The molecule has 108 valence electrons. The van der Waals surface area contributed by atoms with Gasteiger partial charge in [-0.2, -0.15) is 0 Å². The molecule has 0 bridgehead atoms. The second-order valence-corrected chi connectivity index (χ2v) is 6.04. The van der Waals surface area contributed by atoms with Crippen molar-refractivity contribution in [2.45, 2.75) is 25.7 Å². The zero-order chi connectivity index (χ0) is 14.1. The van der Waals surface area contributed by atoms with Gasteiger partial charge in [0.05, 0.1) is 0 Å². The Balaban J connectivity index is 1.54. The first-order valence-corrected chi connectivity index (χ1v) is 7.33. The summed E-state index contributed by atoms with van der Waals surface area (Å²) in [6.45, 7) is 2.86. The normalized spacial score (nSPS) is 25.9. The van der Waals surface area contributed by atoms with E-state index in [1.807, 2.05) is 0 Å². The number of Topliss-reactive ketones (excluding diaryl/α,β-unsaturated/α-hetero) is 1. The van der Waals surface area contributed by atoms with Crippen molar-refractivity contribution in [2.24, 2.45) is 11.8 Å². The third-order valence-electron chi connectivity index (χ3n) is 4.64. The SMILES string of the molecule is O=C(CCN1CC2CCCC2C1)c1cc(F)cc(F)c1. The van der Waals surface area contributed by atoms with Gasteiger partial charge in [-0.15, -0.1) is 0 Å². The average molecular weight is 279 g/mol. The summed E-state index contributed by atoms with van der Waals surface area (Å²) in [5, 5.41) is 0. The van der Waals surface area contributed by atoms with E-state index in [4.69, 9.17) is 0 Å². The van der Waals surface area contributed by atoms with E-state index in [-0.39, 0.29) is 11.3 Å². The molecule has 0 radical (unpaired) electrons. The number of rotatable bonds is 4. The molecule has 2 aliphatic rings. The molecule has 1 aromatic carbocycles. The van der Waals surface area contributed by atoms with Crippen LogP contribution in [0.25, 0.3) is 0 Å². The molecular formula is C16H19F2NO. The molecule has 0 spiro atoms. The van der Waals surface area contributed by atoms with Gasteiger partial charge in [0.15, 0.2) is 5.78 Å². The number of nitrogens with zero attached hydrogens (tertiary/aromatic N) is 1. The van der Waals surface area contributed by atoms with Gasteiger partial charge in [-0.3, -0.25) is 4.79 Å². The van der Waals surface area contributed by atoms with Crippen LogP contribution in [0.3, 0.4) is 0 Å². The number of halogens is 2. The number of hydrogen-bond acceptors (Lipinski definition) is 2. The molecule has 1 saturated carbocycles. The van der Waals surface area contributed by atoms with Crippen LogP contribution in [-0.2, 0) is 0 Å². The fourth-order valence-electron chi connectivity index (χ4n) is 3.63.